The summed E-state index contributed by atoms with van der Waals surface area (Å²) in [6.45, 7) is 1.51. The lowest BCUT2D eigenvalue weighted by Crippen LogP contribution is -2.37. The maximum atomic E-state index is 6.15. The van der Waals surface area contributed by atoms with Crippen LogP contribution in [-0.4, -0.2) is 45.4 Å². The van der Waals surface area contributed by atoms with Gasteiger partial charge in [0.25, 0.3) is 0 Å². The fourth-order valence-corrected chi connectivity index (χ4v) is 2.83. The maximum absolute atomic E-state index is 6.15. The zero-order valence-corrected chi connectivity index (χ0v) is 13.3. The van der Waals surface area contributed by atoms with Gasteiger partial charge in [-0.2, -0.15) is 0 Å². The van der Waals surface area contributed by atoms with Crippen LogP contribution in [0.5, 0.6) is 11.5 Å². The lowest BCUT2D eigenvalue weighted by Gasteiger charge is -2.28. The van der Waals surface area contributed by atoms with Crippen LogP contribution in [0.1, 0.15) is 18.4 Å². The van der Waals surface area contributed by atoms with E-state index in [0.29, 0.717) is 10.8 Å². The Morgan fingerprint density at radius 2 is 1.90 bits per heavy atom. The Labute approximate surface area is 125 Å². The van der Waals surface area contributed by atoms with Gasteiger partial charge in [-0.15, -0.1) is 0 Å². The molecule has 0 aromatic heterocycles. The van der Waals surface area contributed by atoms with Crippen LogP contribution in [0.15, 0.2) is 12.1 Å². The Morgan fingerprint density at radius 3 is 2.40 bits per heavy atom. The third-order valence-electron chi connectivity index (χ3n) is 3.98. The highest BCUT2D eigenvalue weighted by atomic mass is 35.5. The van der Waals surface area contributed by atoms with Gasteiger partial charge in [0, 0.05) is 35.8 Å². The molecule has 0 saturated heterocycles. The van der Waals surface area contributed by atoms with Crippen LogP contribution in [0, 0.1) is 0 Å². The summed E-state index contributed by atoms with van der Waals surface area (Å²) in [7, 11) is 7.13. The summed E-state index contributed by atoms with van der Waals surface area (Å²) in [5, 5.41) is 0.655. The van der Waals surface area contributed by atoms with Gasteiger partial charge in [-0.05, 0) is 26.0 Å². The van der Waals surface area contributed by atoms with E-state index in [2.05, 4.69) is 11.9 Å². The molecule has 1 aromatic rings. The number of ether oxygens (including phenoxy) is 3. The molecule has 0 N–H and O–H groups in total. The van der Waals surface area contributed by atoms with Crippen LogP contribution in [0.25, 0.3) is 0 Å². The van der Waals surface area contributed by atoms with E-state index >= 15 is 0 Å². The van der Waals surface area contributed by atoms with E-state index in [-0.39, 0.29) is 5.54 Å². The van der Waals surface area contributed by atoms with Crippen molar-refractivity contribution in [2.45, 2.75) is 24.9 Å². The summed E-state index contributed by atoms with van der Waals surface area (Å²) in [4.78, 5) is 2.31. The molecule has 0 atom stereocenters. The molecule has 0 radical (unpaired) electrons. The smallest absolute Gasteiger partial charge is 0.165 e. The van der Waals surface area contributed by atoms with E-state index in [1.54, 1.807) is 27.4 Å². The van der Waals surface area contributed by atoms with Gasteiger partial charge >= 0.3 is 0 Å². The quantitative estimate of drug-likeness (QED) is 0.774. The molecular formula is C15H22ClNO3. The number of nitrogens with zero attached hydrogens (tertiary/aromatic N) is 1. The third-order valence-corrected chi connectivity index (χ3v) is 4.20. The molecule has 0 unspecified atom stereocenters. The molecule has 1 saturated carbocycles. The Bertz CT molecular complexity index is 474. The Hall–Kier alpha value is -0.970. The first-order valence-electron chi connectivity index (χ1n) is 6.67. The zero-order valence-electron chi connectivity index (χ0n) is 12.5. The molecule has 4 nitrogen and oxygen atoms in total. The predicted octanol–water partition coefficient (Wildman–Crippen LogP) is 2.97. The lowest BCUT2D eigenvalue weighted by molar-refractivity contribution is 0.0866. The minimum absolute atomic E-state index is 0.162. The van der Waals surface area contributed by atoms with Crippen LogP contribution in [0.4, 0.5) is 0 Å². The van der Waals surface area contributed by atoms with Crippen molar-refractivity contribution in [2.75, 3.05) is 35.0 Å². The summed E-state index contributed by atoms with van der Waals surface area (Å²) in [5.41, 5.74) is 1.19. The van der Waals surface area contributed by atoms with Gasteiger partial charge in [-0.1, -0.05) is 11.6 Å². The molecule has 2 rings (SSSR count). The topological polar surface area (TPSA) is 30.9 Å². The standard InChI is InChI=1S/C15H22ClNO3/c1-17(15(5-6-15)10-18-2)9-11-7-12(16)8-13(19-3)14(11)20-4/h7-8H,5-6,9-10H2,1-4H3. The predicted molar refractivity (Wildman–Crippen MR) is 79.9 cm³/mol. The highest BCUT2D eigenvalue weighted by molar-refractivity contribution is 6.30. The summed E-state index contributed by atoms with van der Waals surface area (Å²) in [5.74, 6) is 1.41. The number of hydrogen-bond donors (Lipinski definition) is 0. The number of methoxy groups -OCH3 is 3. The van der Waals surface area contributed by atoms with E-state index in [0.717, 1.165) is 37.3 Å². The van der Waals surface area contributed by atoms with Crippen LogP contribution in [-0.2, 0) is 11.3 Å². The van der Waals surface area contributed by atoms with Gasteiger partial charge in [0.1, 0.15) is 0 Å². The number of halogens is 1. The fraction of sp³-hybridized carbons (Fsp3) is 0.600. The van der Waals surface area contributed by atoms with Crippen molar-refractivity contribution in [1.29, 1.82) is 0 Å². The summed E-state index contributed by atoms with van der Waals surface area (Å²) >= 11 is 6.15. The fourth-order valence-electron chi connectivity index (χ4n) is 2.60. The van der Waals surface area contributed by atoms with Crippen LogP contribution in [0.3, 0.4) is 0 Å². The van der Waals surface area contributed by atoms with Gasteiger partial charge in [-0.3, -0.25) is 4.90 Å². The van der Waals surface area contributed by atoms with Gasteiger partial charge in [0.15, 0.2) is 11.5 Å². The van der Waals surface area contributed by atoms with E-state index in [1.165, 1.54) is 0 Å². The SMILES string of the molecule is COCC1(N(C)Cc2cc(Cl)cc(OC)c2OC)CC1. The first-order valence-corrected chi connectivity index (χ1v) is 7.04. The van der Waals surface area contributed by atoms with Gasteiger partial charge < -0.3 is 14.2 Å². The largest absolute Gasteiger partial charge is 0.493 e. The van der Waals surface area contributed by atoms with Crippen molar-refractivity contribution < 1.29 is 14.2 Å². The Morgan fingerprint density at radius 1 is 1.20 bits per heavy atom. The van der Waals surface area contributed by atoms with E-state index < -0.39 is 0 Å². The average Bonchev–Trinajstić information content (AvgIpc) is 3.19. The van der Waals surface area contributed by atoms with Gasteiger partial charge in [-0.25, -0.2) is 0 Å². The molecule has 20 heavy (non-hydrogen) atoms. The third kappa shape index (κ3) is 3.03. The second-order valence-corrected chi connectivity index (χ2v) is 5.75. The highest BCUT2D eigenvalue weighted by Crippen LogP contribution is 2.43. The molecule has 112 valence electrons. The molecule has 1 aliphatic carbocycles. The number of benzene rings is 1. The van der Waals surface area contributed by atoms with Gasteiger partial charge in [0.05, 0.1) is 20.8 Å². The summed E-state index contributed by atoms with van der Waals surface area (Å²) < 4.78 is 16.1. The van der Waals surface area contributed by atoms with Crippen molar-refractivity contribution in [2.24, 2.45) is 0 Å². The monoisotopic (exact) mass is 299 g/mol. The van der Waals surface area contributed by atoms with Crippen molar-refractivity contribution in [3.8, 4) is 11.5 Å². The number of rotatable bonds is 7. The van der Waals surface area contributed by atoms with Crippen molar-refractivity contribution in [1.82, 2.24) is 4.90 Å². The first kappa shape index (κ1) is 15.4. The second-order valence-electron chi connectivity index (χ2n) is 5.31. The average molecular weight is 300 g/mol. The molecule has 0 amide bonds. The van der Waals surface area contributed by atoms with Crippen molar-refractivity contribution >= 4 is 11.6 Å². The molecular weight excluding hydrogens is 278 g/mol. The minimum atomic E-state index is 0.162. The molecule has 1 fully saturated rings. The lowest BCUT2D eigenvalue weighted by atomic mass is 10.1. The van der Waals surface area contributed by atoms with E-state index in [9.17, 15) is 0 Å². The number of likely N-dealkylation sites (N-methyl/N-ethyl adjacent to an activating group) is 1. The van der Waals surface area contributed by atoms with Crippen LogP contribution in [0.2, 0.25) is 5.02 Å². The Kier molecular flexibility index (Phi) is 4.78. The van der Waals surface area contributed by atoms with Crippen molar-refractivity contribution in [3.63, 3.8) is 0 Å². The van der Waals surface area contributed by atoms with E-state index in [4.69, 9.17) is 25.8 Å². The summed E-state index contributed by atoms with van der Waals surface area (Å²) in [6.07, 6.45) is 2.33. The molecule has 0 aliphatic heterocycles. The number of hydrogen-bond acceptors (Lipinski definition) is 4. The molecule has 0 bridgehead atoms. The molecule has 0 heterocycles. The molecule has 0 spiro atoms. The molecule has 5 heteroatoms. The zero-order chi connectivity index (χ0) is 14.8. The minimum Gasteiger partial charge on any atom is -0.493 e. The van der Waals surface area contributed by atoms with Crippen molar-refractivity contribution in [3.05, 3.63) is 22.7 Å². The van der Waals surface area contributed by atoms with Gasteiger partial charge in [0.2, 0.25) is 0 Å². The van der Waals surface area contributed by atoms with Crippen LogP contribution < -0.4 is 9.47 Å². The molecule has 1 aliphatic rings. The second kappa shape index (κ2) is 6.20. The van der Waals surface area contributed by atoms with E-state index in [1.807, 2.05) is 6.07 Å². The normalized spacial score (nSPS) is 16.3. The Balaban J connectivity index is 2.22. The maximum Gasteiger partial charge on any atom is 0.165 e. The van der Waals surface area contributed by atoms with Crippen LogP contribution >= 0.6 is 11.6 Å². The molecule has 1 aromatic carbocycles. The summed E-state index contributed by atoms with van der Waals surface area (Å²) in [6, 6.07) is 3.70. The first-order chi connectivity index (χ1) is 9.56. The highest BCUT2D eigenvalue weighted by Gasteiger charge is 2.46.